The van der Waals surface area contributed by atoms with Gasteiger partial charge in [0.1, 0.15) is 5.75 Å². The molecule has 0 spiro atoms. The number of carbonyl (C=O) groups is 2. The lowest BCUT2D eigenvalue weighted by Gasteiger charge is -2.05. The van der Waals surface area contributed by atoms with Gasteiger partial charge in [0.15, 0.2) is 12.4 Å². The van der Waals surface area contributed by atoms with Gasteiger partial charge in [-0.3, -0.25) is 4.79 Å². The van der Waals surface area contributed by atoms with Gasteiger partial charge in [0.05, 0.1) is 0 Å². The molecule has 0 saturated carbocycles. The Bertz CT molecular complexity index is 617. The SMILES string of the molecule is O=C(O)COc1ccc(C(=O)c2ccc(Cl)cc2)cc1. The third-order valence-corrected chi connectivity index (χ3v) is 2.84. The van der Waals surface area contributed by atoms with Crippen molar-refractivity contribution in [1.29, 1.82) is 0 Å². The normalized spacial score (nSPS) is 10.1. The predicted octanol–water partition coefficient (Wildman–Crippen LogP) is 3.03. The molecule has 102 valence electrons. The molecule has 4 nitrogen and oxygen atoms in total. The third kappa shape index (κ3) is 3.59. The average molecular weight is 291 g/mol. The molecule has 0 radical (unpaired) electrons. The highest BCUT2D eigenvalue weighted by molar-refractivity contribution is 6.30. The van der Waals surface area contributed by atoms with Gasteiger partial charge in [0.2, 0.25) is 0 Å². The van der Waals surface area contributed by atoms with Crippen molar-refractivity contribution in [2.75, 3.05) is 6.61 Å². The van der Waals surface area contributed by atoms with E-state index in [0.717, 1.165) is 0 Å². The van der Waals surface area contributed by atoms with Crippen LogP contribution in [0.2, 0.25) is 5.02 Å². The summed E-state index contributed by atoms with van der Waals surface area (Å²) in [6, 6.07) is 12.9. The Balaban J connectivity index is 2.11. The van der Waals surface area contributed by atoms with E-state index in [2.05, 4.69) is 0 Å². The number of hydrogen-bond acceptors (Lipinski definition) is 3. The number of carboxylic acids is 1. The Kier molecular flexibility index (Phi) is 4.38. The van der Waals surface area contributed by atoms with Crippen LogP contribution < -0.4 is 4.74 Å². The molecule has 2 aromatic rings. The highest BCUT2D eigenvalue weighted by Gasteiger charge is 2.09. The Morgan fingerprint density at radius 1 is 0.950 bits per heavy atom. The fourth-order valence-electron chi connectivity index (χ4n) is 1.62. The van der Waals surface area contributed by atoms with Gasteiger partial charge < -0.3 is 9.84 Å². The number of rotatable bonds is 5. The fraction of sp³-hybridized carbons (Fsp3) is 0.0667. The molecule has 0 aliphatic heterocycles. The van der Waals surface area contributed by atoms with Crippen LogP contribution in [0, 0.1) is 0 Å². The van der Waals surface area contributed by atoms with Crippen molar-refractivity contribution in [3.05, 3.63) is 64.7 Å². The molecule has 0 fully saturated rings. The summed E-state index contributed by atoms with van der Waals surface area (Å²) in [5.41, 5.74) is 1.03. The Morgan fingerprint density at radius 2 is 1.45 bits per heavy atom. The van der Waals surface area contributed by atoms with E-state index >= 15 is 0 Å². The molecule has 0 aliphatic rings. The molecular weight excluding hydrogens is 280 g/mol. The summed E-state index contributed by atoms with van der Waals surface area (Å²) in [5.74, 6) is -0.780. The Hall–Kier alpha value is -2.33. The van der Waals surface area contributed by atoms with Crippen LogP contribution in [0.5, 0.6) is 5.75 Å². The van der Waals surface area contributed by atoms with Crippen molar-refractivity contribution in [1.82, 2.24) is 0 Å². The van der Waals surface area contributed by atoms with E-state index in [1.165, 1.54) is 0 Å². The summed E-state index contributed by atoms with van der Waals surface area (Å²) in [5, 5.41) is 9.07. The summed E-state index contributed by atoms with van der Waals surface area (Å²) < 4.78 is 5.00. The van der Waals surface area contributed by atoms with Crippen LogP contribution >= 0.6 is 11.6 Å². The number of ketones is 1. The lowest BCUT2D eigenvalue weighted by atomic mass is 10.0. The van der Waals surface area contributed by atoms with E-state index in [0.29, 0.717) is 21.9 Å². The van der Waals surface area contributed by atoms with E-state index in [1.54, 1.807) is 48.5 Å². The molecule has 0 atom stereocenters. The molecule has 2 aromatic carbocycles. The maximum atomic E-state index is 12.2. The second kappa shape index (κ2) is 6.21. The predicted molar refractivity (Wildman–Crippen MR) is 74.5 cm³/mol. The van der Waals surface area contributed by atoms with Crippen LogP contribution in [0.1, 0.15) is 15.9 Å². The second-order valence-electron chi connectivity index (χ2n) is 4.04. The van der Waals surface area contributed by atoms with Gasteiger partial charge in [-0.2, -0.15) is 0 Å². The zero-order chi connectivity index (χ0) is 14.5. The van der Waals surface area contributed by atoms with Gasteiger partial charge >= 0.3 is 5.97 Å². The van der Waals surface area contributed by atoms with Crippen LogP contribution in [0.4, 0.5) is 0 Å². The molecule has 0 aliphatic carbocycles. The highest BCUT2D eigenvalue weighted by Crippen LogP contribution is 2.17. The number of hydrogen-bond donors (Lipinski definition) is 1. The van der Waals surface area contributed by atoms with E-state index in [9.17, 15) is 9.59 Å². The number of benzene rings is 2. The fourth-order valence-corrected chi connectivity index (χ4v) is 1.74. The molecule has 0 saturated heterocycles. The molecule has 0 amide bonds. The van der Waals surface area contributed by atoms with E-state index in [4.69, 9.17) is 21.4 Å². The van der Waals surface area contributed by atoms with Crippen LogP contribution in [0.25, 0.3) is 0 Å². The number of carbonyl (C=O) groups excluding carboxylic acids is 1. The molecular formula is C15H11ClO4. The van der Waals surface area contributed by atoms with E-state index < -0.39 is 12.6 Å². The van der Waals surface area contributed by atoms with Crippen LogP contribution in [-0.2, 0) is 4.79 Å². The minimum absolute atomic E-state index is 0.133. The first-order valence-corrected chi connectivity index (χ1v) is 6.19. The first-order chi connectivity index (χ1) is 9.56. The van der Waals surface area contributed by atoms with Crippen LogP contribution in [-0.4, -0.2) is 23.5 Å². The average Bonchev–Trinajstić information content (AvgIpc) is 2.46. The van der Waals surface area contributed by atoms with E-state index in [1.807, 2.05) is 0 Å². The first-order valence-electron chi connectivity index (χ1n) is 5.81. The van der Waals surface area contributed by atoms with Gasteiger partial charge in [0, 0.05) is 16.1 Å². The van der Waals surface area contributed by atoms with Crippen molar-refractivity contribution >= 4 is 23.4 Å². The number of halogens is 1. The van der Waals surface area contributed by atoms with Gasteiger partial charge in [-0.05, 0) is 48.5 Å². The summed E-state index contributed by atoms with van der Waals surface area (Å²) in [6.07, 6.45) is 0. The maximum absolute atomic E-state index is 12.2. The lowest BCUT2D eigenvalue weighted by Crippen LogP contribution is -2.09. The number of carboxylic acid groups (broad SMARTS) is 1. The second-order valence-corrected chi connectivity index (χ2v) is 4.48. The molecule has 2 rings (SSSR count). The monoisotopic (exact) mass is 290 g/mol. The van der Waals surface area contributed by atoms with Crippen LogP contribution in [0.15, 0.2) is 48.5 Å². The molecule has 1 N–H and O–H groups in total. The highest BCUT2D eigenvalue weighted by atomic mass is 35.5. The van der Waals surface area contributed by atoms with Gasteiger partial charge in [-0.1, -0.05) is 11.6 Å². The van der Waals surface area contributed by atoms with Crippen LogP contribution in [0.3, 0.4) is 0 Å². The Labute approximate surface area is 120 Å². The number of aliphatic carboxylic acids is 1. The summed E-state index contributed by atoms with van der Waals surface area (Å²) in [7, 11) is 0. The molecule has 0 aromatic heterocycles. The maximum Gasteiger partial charge on any atom is 0.341 e. The van der Waals surface area contributed by atoms with Gasteiger partial charge in [0.25, 0.3) is 0 Å². The standard InChI is InChI=1S/C15H11ClO4/c16-12-5-1-10(2-6-12)15(19)11-3-7-13(8-4-11)20-9-14(17)18/h1-8H,9H2,(H,17,18). The van der Waals surface area contributed by atoms with Crippen molar-refractivity contribution in [2.45, 2.75) is 0 Å². The molecule has 20 heavy (non-hydrogen) atoms. The number of ether oxygens (including phenoxy) is 1. The summed E-state index contributed by atoms with van der Waals surface area (Å²) >= 11 is 5.77. The molecule has 5 heteroatoms. The van der Waals surface area contributed by atoms with E-state index in [-0.39, 0.29) is 5.78 Å². The van der Waals surface area contributed by atoms with Crippen molar-refractivity contribution in [3.8, 4) is 5.75 Å². The van der Waals surface area contributed by atoms with Gasteiger partial charge in [-0.25, -0.2) is 4.79 Å². The summed E-state index contributed by atoms with van der Waals surface area (Å²) in [4.78, 5) is 22.5. The van der Waals surface area contributed by atoms with Crippen molar-refractivity contribution in [2.24, 2.45) is 0 Å². The zero-order valence-corrected chi connectivity index (χ0v) is 11.1. The lowest BCUT2D eigenvalue weighted by molar-refractivity contribution is -0.139. The smallest absolute Gasteiger partial charge is 0.341 e. The largest absolute Gasteiger partial charge is 0.482 e. The van der Waals surface area contributed by atoms with Crippen molar-refractivity contribution < 1.29 is 19.4 Å². The topological polar surface area (TPSA) is 63.6 Å². The molecule has 0 heterocycles. The summed E-state index contributed by atoms with van der Waals surface area (Å²) in [6.45, 7) is -0.412. The Morgan fingerprint density at radius 3 is 1.95 bits per heavy atom. The minimum Gasteiger partial charge on any atom is -0.482 e. The quantitative estimate of drug-likeness (QED) is 0.860. The third-order valence-electron chi connectivity index (χ3n) is 2.59. The van der Waals surface area contributed by atoms with Crippen molar-refractivity contribution in [3.63, 3.8) is 0 Å². The van der Waals surface area contributed by atoms with Gasteiger partial charge in [-0.15, -0.1) is 0 Å². The molecule has 0 bridgehead atoms. The zero-order valence-electron chi connectivity index (χ0n) is 10.4. The minimum atomic E-state index is -1.05. The molecule has 0 unspecified atom stereocenters. The first kappa shape index (κ1) is 14.1.